The molecule has 0 aliphatic rings. The third-order valence-electron chi connectivity index (χ3n) is 2.67. The minimum atomic E-state index is -3.65. The lowest BCUT2D eigenvalue weighted by Gasteiger charge is -2.17. The number of carbonyl (C=O) groups excluding carboxylic acids is 1. The largest absolute Gasteiger partial charge is 0.465 e. The van der Waals surface area contributed by atoms with Gasteiger partial charge in [-0.05, 0) is 34.8 Å². The van der Waals surface area contributed by atoms with Crippen LogP contribution in [0.1, 0.15) is 30.4 Å². The van der Waals surface area contributed by atoms with E-state index in [1.165, 1.54) is 13.2 Å². The van der Waals surface area contributed by atoms with Crippen molar-refractivity contribution in [1.82, 2.24) is 4.72 Å². The van der Waals surface area contributed by atoms with Crippen molar-refractivity contribution in [2.75, 3.05) is 7.11 Å². The molecule has 0 bridgehead atoms. The predicted octanol–water partition coefficient (Wildman–Crippen LogP) is 2.62. The van der Waals surface area contributed by atoms with Crippen LogP contribution in [0.5, 0.6) is 0 Å². The van der Waals surface area contributed by atoms with E-state index in [-0.39, 0.29) is 21.7 Å². The first-order valence-electron chi connectivity index (χ1n) is 5.59. The molecule has 1 aromatic heterocycles. The molecule has 0 amide bonds. The van der Waals surface area contributed by atoms with Crippen LogP contribution in [-0.2, 0) is 14.8 Å². The maximum absolute atomic E-state index is 12.2. The number of esters is 1. The van der Waals surface area contributed by atoms with Crippen molar-refractivity contribution < 1.29 is 17.9 Å². The van der Waals surface area contributed by atoms with Gasteiger partial charge in [0.15, 0.2) is 0 Å². The van der Waals surface area contributed by atoms with Gasteiger partial charge in [-0.3, -0.25) is 0 Å². The van der Waals surface area contributed by atoms with E-state index in [1.807, 2.05) is 13.8 Å². The fourth-order valence-electron chi connectivity index (χ4n) is 1.18. The van der Waals surface area contributed by atoms with Crippen LogP contribution in [0.2, 0.25) is 0 Å². The summed E-state index contributed by atoms with van der Waals surface area (Å²) in [4.78, 5) is 11.7. The summed E-state index contributed by atoms with van der Waals surface area (Å²) in [6, 6.07) is 1.12. The summed E-state index contributed by atoms with van der Waals surface area (Å²) in [5.41, 5.74) is 0. The maximum atomic E-state index is 12.2. The molecule has 0 aromatic carbocycles. The number of hydrogen-bond acceptors (Lipinski definition) is 5. The zero-order valence-corrected chi connectivity index (χ0v) is 14.3. The Kier molecular flexibility index (Phi) is 5.54. The summed E-state index contributed by atoms with van der Waals surface area (Å²) in [6.07, 6.45) is 0. The Balaban J connectivity index is 3.09. The fourth-order valence-corrected chi connectivity index (χ4v) is 5.06. The molecule has 1 heterocycles. The number of sulfonamides is 1. The van der Waals surface area contributed by atoms with Crippen LogP contribution in [0.3, 0.4) is 0 Å². The number of ether oxygens (including phenoxy) is 1. The van der Waals surface area contributed by atoms with E-state index in [9.17, 15) is 13.2 Å². The van der Waals surface area contributed by atoms with Crippen LogP contribution < -0.4 is 4.72 Å². The summed E-state index contributed by atoms with van der Waals surface area (Å²) in [7, 11) is -2.40. The molecule has 1 aromatic rings. The molecule has 108 valence electrons. The average Bonchev–Trinajstić information content (AvgIpc) is 2.70. The number of rotatable bonds is 5. The second kappa shape index (κ2) is 6.34. The molecule has 0 saturated heterocycles. The van der Waals surface area contributed by atoms with Gasteiger partial charge in [0.2, 0.25) is 10.0 Å². The summed E-state index contributed by atoms with van der Waals surface area (Å²) < 4.78 is 31.9. The van der Waals surface area contributed by atoms with Gasteiger partial charge >= 0.3 is 5.97 Å². The highest BCUT2D eigenvalue weighted by Crippen LogP contribution is 2.32. The lowest BCUT2D eigenvalue weighted by atomic mass is 10.1. The standard InChI is InChI=1S/C11H16BrNO4S2/c1-6(2)7(3)13-19(15,16)9-5-8(11(14)17-4)18-10(9)12/h5-7,13H,1-4H3. The van der Waals surface area contributed by atoms with E-state index < -0.39 is 16.0 Å². The Morgan fingerprint density at radius 1 is 1.42 bits per heavy atom. The highest BCUT2D eigenvalue weighted by atomic mass is 79.9. The Bertz CT molecular complexity index is 565. The molecule has 1 rings (SSSR count). The molecule has 8 heteroatoms. The lowest BCUT2D eigenvalue weighted by Crippen LogP contribution is -2.36. The summed E-state index contributed by atoms with van der Waals surface area (Å²) in [5.74, 6) is -0.378. The second-order valence-electron chi connectivity index (χ2n) is 4.39. The Labute approximate surface area is 125 Å². The Morgan fingerprint density at radius 3 is 2.47 bits per heavy atom. The van der Waals surface area contributed by atoms with Crippen molar-refractivity contribution in [2.45, 2.75) is 31.7 Å². The van der Waals surface area contributed by atoms with Gasteiger partial charge < -0.3 is 4.74 Å². The molecular weight excluding hydrogens is 354 g/mol. The molecule has 0 aliphatic heterocycles. The van der Waals surface area contributed by atoms with E-state index in [4.69, 9.17) is 0 Å². The van der Waals surface area contributed by atoms with E-state index in [0.29, 0.717) is 3.79 Å². The fraction of sp³-hybridized carbons (Fsp3) is 0.545. The van der Waals surface area contributed by atoms with Gasteiger partial charge in [0, 0.05) is 6.04 Å². The van der Waals surface area contributed by atoms with Gasteiger partial charge in [-0.1, -0.05) is 13.8 Å². The van der Waals surface area contributed by atoms with Crippen molar-refractivity contribution in [2.24, 2.45) is 5.92 Å². The van der Waals surface area contributed by atoms with Crippen LogP contribution in [0.25, 0.3) is 0 Å². The third-order valence-corrected chi connectivity index (χ3v) is 6.46. The lowest BCUT2D eigenvalue weighted by molar-refractivity contribution is 0.0606. The van der Waals surface area contributed by atoms with Crippen LogP contribution in [0.4, 0.5) is 0 Å². The molecule has 1 atom stereocenters. The van der Waals surface area contributed by atoms with Crippen molar-refractivity contribution in [3.8, 4) is 0 Å². The number of carbonyl (C=O) groups is 1. The van der Waals surface area contributed by atoms with E-state index in [2.05, 4.69) is 25.4 Å². The maximum Gasteiger partial charge on any atom is 0.348 e. The molecule has 0 spiro atoms. The van der Waals surface area contributed by atoms with Gasteiger partial charge in [-0.25, -0.2) is 17.9 Å². The smallest absolute Gasteiger partial charge is 0.348 e. The third kappa shape index (κ3) is 4.01. The van der Waals surface area contributed by atoms with Crippen molar-refractivity contribution >= 4 is 43.3 Å². The van der Waals surface area contributed by atoms with E-state index >= 15 is 0 Å². The van der Waals surface area contributed by atoms with Gasteiger partial charge in [0.25, 0.3) is 0 Å². The van der Waals surface area contributed by atoms with Crippen LogP contribution in [0.15, 0.2) is 14.7 Å². The summed E-state index contributed by atoms with van der Waals surface area (Å²) >= 11 is 4.20. The zero-order chi connectivity index (χ0) is 14.8. The molecule has 1 unspecified atom stereocenters. The van der Waals surface area contributed by atoms with Gasteiger partial charge in [-0.15, -0.1) is 11.3 Å². The first-order chi connectivity index (χ1) is 8.69. The normalized spacial score (nSPS) is 13.6. The summed E-state index contributed by atoms with van der Waals surface area (Å²) in [6.45, 7) is 5.65. The monoisotopic (exact) mass is 369 g/mol. The number of halogens is 1. The molecule has 0 aliphatic carbocycles. The SMILES string of the molecule is COC(=O)c1cc(S(=O)(=O)NC(C)C(C)C)c(Br)s1. The molecule has 0 saturated carbocycles. The van der Waals surface area contributed by atoms with Crippen LogP contribution in [0, 0.1) is 5.92 Å². The van der Waals surface area contributed by atoms with Gasteiger partial charge in [-0.2, -0.15) is 0 Å². The first-order valence-corrected chi connectivity index (χ1v) is 8.68. The molecule has 1 N–H and O–H groups in total. The number of nitrogens with one attached hydrogen (secondary N) is 1. The minimum Gasteiger partial charge on any atom is -0.465 e. The molecule has 0 fully saturated rings. The molecule has 19 heavy (non-hydrogen) atoms. The summed E-state index contributed by atoms with van der Waals surface area (Å²) in [5, 5.41) is 0. The quantitative estimate of drug-likeness (QED) is 0.809. The van der Waals surface area contributed by atoms with Gasteiger partial charge in [0.1, 0.15) is 9.77 Å². The number of hydrogen-bond donors (Lipinski definition) is 1. The molecular formula is C11H16BrNO4S2. The topological polar surface area (TPSA) is 72.5 Å². The first kappa shape index (κ1) is 16.6. The highest BCUT2D eigenvalue weighted by molar-refractivity contribution is 9.11. The Morgan fingerprint density at radius 2 is 2.00 bits per heavy atom. The zero-order valence-electron chi connectivity index (χ0n) is 11.1. The Hall–Kier alpha value is -0.440. The minimum absolute atomic E-state index is 0.0606. The van der Waals surface area contributed by atoms with E-state index in [1.54, 1.807) is 6.92 Å². The second-order valence-corrected chi connectivity index (χ2v) is 8.45. The highest BCUT2D eigenvalue weighted by Gasteiger charge is 2.25. The van der Waals surface area contributed by atoms with Crippen LogP contribution in [-0.4, -0.2) is 27.5 Å². The van der Waals surface area contributed by atoms with Crippen molar-refractivity contribution in [3.05, 3.63) is 14.7 Å². The van der Waals surface area contributed by atoms with Gasteiger partial charge in [0.05, 0.1) is 10.9 Å². The number of methoxy groups -OCH3 is 1. The van der Waals surface area contributed by atoms with Crippen molar-refractivity contribution in [3.63, 3.8) is 0 Å². The molecule has 0 radical (unpaired) electrons. The van der Waals surface area contributed by atoms with Crippen LogP contribution >= 0.6 is 27.3 Å². The average molecular weight is 370 g/mol. The number of thiophene rings is 1. The van der Waals surface area contributed by atoms with Crippen molar-refractivity contribution in [1.29, 1.82) is 0 Å². The van der Waals surface area contributed by atoms with E-state index in [0.717, 1.165) is 11.3 Å². The predicted molar refractivity (Wildman–Crippen MR) is 78.0 cm³/mol. The molecule has 5 nitrogen and oxygen atoms in total.